The molecule has 7 heteroatoms. The summed E-state index contributed by atoms with van der Waals surface area (Å²) in [5.74, 6) is -0.875. The maximum absolute atomic E-state index is 14.8. The lowest BCUT2D eigenvalue weighted by atomic mass is 10.0. The van der Waals surface area contributed by atoms with E-state index in [4.69, 9.17) is 0 Å². The zero-order valence-electron chi connectivity index (χ0n) is 11.5. The maximum Gasteiger partial charge on any atom is 0.251 e. The molecule has 2 aliphatic heterocycles. The summed E-state index contributed by atoms with van der Waals surface area (Å²) in [6.45, 7) is 2.69. The number of rotatable bonds is 3. The fraction of sp³-hybridized carbons (Fsp3) is 0.357. The predicted molar refractivity (Wildman–Crippen MR) is 81.2 cm³/mol. The van der Waals surface area contributed by atoms with E-state index in [1.807, 2.05) is 6.08 Å². The summed E-state index contributed by atoms with van der Waals surface area (Å²) >= 11 is 0.987. The van der Waals surface area contributed by atoms with Crippen LogP contribution in [0.15, 0.2) is 18.2 Å². The summed E-state index contributed by atoms with van der Waals surface area (Å²) in [6, 6.07) is 3.30. The summed E-state index contributed by atoms with van der Waals surface area (Å²) in [7, 11) is 0. The van der Waals surface area contributed by atoms with E-state index in [1.54, 1.807) is 6.07 Å². The Labute approximate surface area is 126 Å². The Bertz CT molecular complexity index is 620. The second-order valence-corrected chi connectivity index (χ2v) is 5.86. The fourth-order valence-corrected chi connectivity index (χ4v) is 3.24. The molecule has 112 valence electrons. The van der Waals surface area contributed by atoms with Gasteiger partial charge in [-0.2, -0.15) is 0 Å². The SMILES string of the molecule is CCC1C=C(c2ccc(O)c(N3CC(=O)NS3)c2F)CN1. The second kappa shape index (κ2) is 5.57. The van der Waals surface area contributed by atoms with Crippen molar-refractivity contribution in [3.8, 4) is 5.75 Å². The lowest BCUT2D eigenvalue weighted by molar-refractivity contribution is -0.117. The van der Waals surface area contributed by atoms with Crippen molar-refractivity contribution in [2.24, 2.45) is 0 Å². The van der Waals surface area contributed by atoms with Crippen LogP contribution in [0.3, 0.4) is 0 Å². The number of nitrogens with one attached hydrogen (secondary N) is 2. The van der Waals surface area contributed by atoms with E-state index >= 15 is 0 Å². The van der Waals surface area contributed by atoms with E-state index in [-0.39, 0.29) is 29.9 Å². The van der Waals surface area contributed by atoms with Crippen LogP contribution in [0.25, 0.3) is 5.57 Å². The van der Waals surface area contributed by atoms with E-state index in [2.05, 4.69) is 17.0 Å². The van der Waals surface area contributed by atoms with Gasteiger partial charge in [-0.3, -0.25) is 13.8 Å². The van der Waals surface area contributed by atoms with E-state index in [9.17, 15) is 14.3 Å². The maximum atomic E-state index is 14.8. The van der Waals surface area contributed by atoms with E-state index < -0.39 is 5.82 Å². The number of carbonyl (C=O) groups excluding carboxylic acids is 1. The Balaban J connectivity index is 1.99. The molecule has 1 atom stereocenters. The first-order valence-electron chi connectivity index (χ1n) is 6.79. The van der Waals surface area contributed by atoms with Gasteiger partial charge < -0.3 is 10.4 Å². The summed E-state index contributed by atoms with van der Waals surface area (Å²) < 4.78 is 18.7. The Kier molecular flexibility index (Phi) is 3.77. The van der Waals surface area contributed by atoms with E-state index in [0.29, 0.717) is 12.1 Å². The highest BCUT2D eigenvalue weighted by Crippen LogP contribution is 2.39. The van der Waals surface area contributed by atoms with Gasteiger partial charge >= 0.3 is 0 Å². The van der Waals surface area contributed by atoms with Gasteiger partial charge in [0.15, 0.2) is 5.82 Å². The van der Waals surface area contributed by atoms with E-state index in [1.165, 1.54) is 10.4 Å². The van der Waals surface area contributed by atoms with Crippen molar-refractivity contribution >= 4 is 29.3 Å². The lowest BCUT2D eigenvalue weighted by Crippen LogP contribution is -2.21. The lowest BCUT2D eigenvalue weighted by Gasteiger charge is -2.18. The zero-order chi connectivity index (χ0) is 15.0. The van der Waals surface area contributed by atoms with Gasteiger partial charge in [-0.05, 0) is 24.1 Å². The molecule has 1 fully saturated rings. The first-order valence-corrected chi connectivity index (χ1v) is 7.56. The van der Waals surface area contributed by atoms with Gasteiger partial charge in [-0.15, -0.1) is 0 Å². The molecule has 1 amide bonds. The number of nitrogens with zero attached hydrogens (tertiary/aromatic N) is 1. The third-order valence-electron chi connectivity index (χ3n) is 3.64. The minimum Gasteiger partial charge on any atom is -0.506 e. The van der Waals surface area contributed by atoms with Crippen molar-refractivity contribution < 1.29 is 14.3 Å². The van der Waals surface area contributed by atoms with Crippen LogP contribution < -0.4 is 14.3 Å². The molecule has 1 unspecified atom stereocenters. The number of benzene rings is 1. The molecular weight excluding hydrogens is 293 g/mol. The normalized spacial score (nSPS) is 21.6. The molecule has 5 nitrogen and oxygen atoms in total. The molecule has 1 aromatic carbocycles. The van der Waals surface area contributed by atoms with Crippen LogP contribution in [-0.4, -0.2) is 30.1 Å². The average molecular weight is 309 g/mol. The van der Waals surface area contributed by atoms with Crippen LogP contribution in [0.2, 0.25) is 0 Å². The highest BCUT2D eigenvalue weighted by molar-refractivity contribution is 7.99. The van der Waals surface area contributed by atoms with Gasteiger partial charge in [0.25, 0.3) is 5.91 Å². The molecule has 2 aliphatic rings. The van der Waals surface area contributed by atoms with Crippen molar-refractivity contribution in [2.45, 2.75) is 19.4 Å². The number of amides is 1. The van der Waals surface area contributed by atoms with Gasteiger partial charge in [-0.1, -0.05) is 13.0 Å². The topological polar surface area (TPSA) is 64.6 Å². The Hall–Kier alpha value is -1.73. The molecule has 3 rings (SSSR count). The van der Waals surface area contributed by atoms with Crippen molar-refractivity contribution in [2.75, 3.05) is 17.4 Å². The van der Waals surface area contributed by atoms with Crippen molar-refractivity contribution in [3.05, 3.63) is 29.6 Å². The first-order chi connectivity index (χ1) is 10.1. The molecule has 0 aliphatic carbocycles. The predicted octanol–water partition coefficient (Wildman–Crippen LogP) is 1.80. The Morgan fingerprint density at radius 1 is 1.52 bits per heavy atom. The monoisotopic (exact) mass is 309 g/mol. The van der Waals surface area contributed by atoms with Crippen molar-refractivity contribution in [1.29, 1.82) is 0 Å². The zero-order valence-corrected chi connectivity index (χ0v) is 12.3. The molecule has 0 radical (unpaired) electrons. The van der Waals surface area contributed by atoms with Crippen LogP contribution >= 0.6 is 12.1 Å². The van der Waals surface area contributed by atoms with Crippen LogP contribution in [0, 0.1) is 5.82 Å². The van der Waals surface area contributed by atoms with Gasteiger partial charge in [0.05, 0.1) is 12.1 Å². The number of hydrogen-bond acceptors (Lipinski definition) is 5. The summed E-state index contributed by atoms with van der Waals surface area (Å²) in [6.07, 6.45) is 2.95. The minimum atomic E-state index is -0.496. The smallest absolute Gasteiger partial charge is 0.251 e. The molecule has 1 aromatic rings. The number of halogens is 1. The molecule has 1 saturated heterocycles. The number of hydrogen-bond donors (Lipinski definition) is 3. The number of phenolic OH excluding ortho intramolecular Hbond substituents is 1. The quantitative estimate of drug-likeness (QED) is 0.743. The summed E-state index contributed by atoms with van der Waals surface area (Å²) in [5, 5.41) is 13.2. The standard InChI is InChI=1S/C14H16FN3O2S/c1-2-9-5-8(6-16-9)10-3-4-11(19)14(13(10)15)18-7-12(20)17-21-18/h3-5,9,16,19H,2,6-7H2,1H3,(H,17,20). The van der Waals surface area contributed by atoms with Gasteiger partial charge in [0.2, 0.25) is 0 Å². The molecule has 0 bridgehead atoms. The van der Waals surface area contributed by atoms with Gasteiger partial charge in [0.1, 0.15) is 18.0 Å². The average Bonchev–Trinajstić information content (AvgIpc) is 3.08. The molecule has 0 saturated carbocycles. The number of anilines is 1. The molecule has 3 N–H and O–H groups in total. The van der Waals surface area contributed by atoms with Crippen LogP contribution in [-0.2, 0) is 4.79 Å². The number of phenols is 1. The number of aromatic hydroxyl groups is 1. The van der Waals surface area contributed by atoms with Gasteiger partial charge in [-0.25, -0.2) is 4.39 Å². The molecular formula is C14H16FN3O2S. The van der Waals surface area contributed by atoms with Crippen molar-refractivity contribution in [3.63, 3.8) is 0 Å². The fourth-order valence-electron chi connectivity index (χ4n) is 2.51. The Morgan fingerprint density at radius 3 is 2.95 bits per heavy atom. The second-order valence-electron chi connectivity index (χ2n) is 5.04. The third-order valence-corrected chi connectivity index (χ3v) is 4.50. The summed E-state index contributed by atoms with van der Waals surface area (Å²) in [5.41, 5.74) is 1.40. The van der Waals surface area contributed by atoms with Crippen LogP contribution in [0.1, 0.15) is 18.9 Å². The molecule has 21 heavy (non-hydrogen) atoms. The minimum absolute atomic E-state index is 0.0213. The van der Waals surface area contributed by atoms with Crippen LogP contribution in [0.4, 0.5) is 10.1 Å². The van der Waals surface area contributed by atoms with Crippen molar-refractivity contribution in [1.82, 2.24) is 10.0 Å². The first kappa shape index (κ1) is 14.2. The number of carbonyl (C=O) groups is 1. The van der Waals surface area contributed by atoms with Crippen LogP contribution in [0.5, 0.6) is 5.75 Å². The highest BCUT2D eigenvalue weighted by atomic mass is 32.2. The molecule has 0 aromatic heterocycles. The molecule has 0 spiro atoms. The highest BCUT2D eigenvalue weighted by Gasteiger charge is 2.28. The Morgan fingerprint density at radius 2 is 2.33 bits per heavy atom. The van der Waals surface area contributed by atoms with E-state index in [0.717, 1.165) is 24.1 Å². The largest absolute Gasteiger partial charge is 0.506 e. The molecule has 2 heterocycles. The third kappa shape index (κ3) is 2.58. The van der Waals surface area contributed by atoms with Gasteiger partial charge in [0, 0.05) is 18.2 Å². The summed E-state index contributed by atoms with van der Waals surface area (Å²) in [4.78, 5) is 11.3.